The molecule has 1 N–H and O–H groups in total. The molecule has 0 saturated heterocycles. The maximum Gasteiger partial charge on any atom is 0.126 e. The lowest BCUT2D eigenvalue weighted by atomic mass is 9.90. The van der Waals surface area contributed by atoms with Gasteiger partial charge in [-0.05, 0) is 31.7 Å². The van der Waals surface area contributed by atoms with Crippen LogP contribution in [0.15, 0.2) is 12.4 Å². The van der Waals surface area contributed by atoms with Gasteiger partial charge in [0, 0.05) is 18.9 Å². The lowest BCUT2D eigenvalue weighted by Crippen LogP contribution is -2.31. The number of nitrogens with one attached hydrogen (secondary N) is 1. The van der Waals surface area contributed by atoms with Crippen LogP contribution in [0.2, 0.25) is 0 Å². The average molecular weight is 279 g/mol. The molecule has 0 aliphatic rings. The van der Waals surface area contributed by atoms with Crippen molar-refractivity contribution in [3.63, 3.8) is 0 Å². The van der Waals surface area contributed by atoms with Crippen molar-refractivity contribution in [3.05, 3.63) is 18.2 Å². The van der Waals surface area contributed by atoms with Gasteiger partial charge in [-0.15, -0.1) is 0 Å². The molecule has 0 fully saturated rings. The van der Waals surface area contributed by atoms with Crippen LogP contribution in [0.1, 0.15) is 78.1 Å². The van der Waals surface area contributed by atoms with E-state index in [0.29, 0.717) is 12.0 Å². The van der Waals surface area contributed by atoms with Gasteiger partial charge in [0.1, 0.15) is 5.82 Å². The smallest absolute Gasteiger partial charge is 0.126 e. The second-order valence-electron chi connectivity index (χ2n) is 5.72. The zero-order valence-corrected chi connectivity index (χ0v) is 13.9. The highest BCUT2D eigenvalue weighted by atomic mass is 15.1. The zero-order chi connectivity index (χ0) is 14.8. The highest BCUT2D eigenvalue weighted by molar-refractivity contribution is 5.02. The molecule has 0 spiro atoms. The van der Waals surface area contributed by atoms with Gasteiger partial charge in [0.15, 0.2) is 0 Å². The Hall–Kier alpha value is -0.830. The summed E-state index contributed by atoms with van der Waals surface area (Å²) in [5, 5.41) is 3.75. The molecule has 1 heterocycles. The van der Waals surface area contributed by atoms with Crippen LogP contribution < -0.4 is 5.32 Å². The van der Waals surface area contributed by atoms with E-state index < -0.39 is 0 Å². The van der Waals surface area contributed by atoms with Gasteiger partial charge < -0.3 is 9.88 Å². The van der Waals surface area contributed by atoms with Crippen LogP contribution >= 0.6 is 0 Å². The Bertz CT molecular complexity index is 346. The summed E-state index contributed by atoms with van der Waals surface area (Å²) in [6.07, 6.45) is 11.5. The fourth-order valence-corrected chi connectivity index (χ4v) is 2.87. The average Bonchev–Trinajstić information content (AvgIpc) is 2.91. The van der Waals surface area contributed by atoms with Gasteiger partial charge in [0.25, 0.3) is 0 Å². The predicted octanol–water partition coefficient (Wildman–Crippen LogP) is 4.55. The topological polar surface area (TPSA) is 29.9 Å². The molecule has 0 aliphatic heterocycles. The number of aromatic nitrogens is 2. The zero-order valence-electron chi connectivity index (χ0n) is 13.9. The summed E-state index contributed by atoms with van der Waals surface area (Å²) >= 11 is 0. The molecule has 3 heteroatoms. The number of unbranched alkanes of at least 4 members (excludes halogenated alkanes) is 1. The van der Waals surface area contributed by atoms with E-state index in [1.165, 1.54) is 37.9 Å². The van der Waals surface area contributed by atoms with E-state index in [2.05, 4.69) is 48.8 Å². The van der Waals surface area contributed by atoms with E-state index in [0.717, 1.165) is 19.5 Å². The number of imidazole rings is 1. The number of rotatable bonds is 11. The van der Waals surface area contributed by atoms with Crippen LogP contribution in [-0.2, 0) is 6.54 Å². The molecular formula is C17H33N3. The molecule has 1 aromatic heterocycles. The van der Waals surface area contributed by atoms with E-state index >= 15 is 0 Å². The Balaban J connectivity index is 2.87. The minimum absolute atomic E-state index is 0.410. The molecule has 1 rings (SSSR count). The van der Waals surface area contributed by atoms with Crippen molar-refractivity contribution < 1.29 is 0 Å². The Morgan fingerprint density at radius 2 is 1.95 bits per heavy atom. The van der Waals surface area contributed by atoms with Crippen molar-refractivity contribution in [2.24, 2.45) is 5.92 Å². The van der Waals surface area contributed by atoms with E-state index in [-0.39, 0.29) is 0 Å². The molecule has 0 radical (unpaired) electrons. The van der Waals surface area contributed by atoms with Crippen molar-refractivity contribution >= 4 is 0 Å². The van der Waals surface area contributed by atoms with E-state index in [1.54, 1.807) is 0 Å². The van der Waals surface area contributed by atoms with Gasteiger partial charge in [0.2, 0.25) is 0 Å². The van der Waals surface area contributed by atoms with Crippen molar-refractivity contribution in [1.82, 2.24) is 14.9 Å². The monoisotopic (exact) mass is 279 g/mol. The van der Waals surface area contributed by atoms with Crippen molar-refractivity contribution in [2.75, 3.05) is 6.54 Å². The molecule has 0 saturated carbocycles. The third kappa shape index (κ3) is 4.93. The first-order valence-corrected chi connectivity index (χ1v) is 8.52. The molecule has 3 nitrogen and oxygen atoms in total. The summed E-state index contributed by atoms with van der Waals surface area (Å²) in [7, 11) is 0. The Morgan fingerprint density at radius 3 is 2.55 bits per heavy atom. The molecule has 0 amide bonds. The summed E-state index contributed by atoms with van der Waals surface area (Å²) in [4.78, 5) is 4.67. The van der Waals surface area contributed by atoms with E-state index in [1.807, 2.05) is 6.20 Å². The quantitative estimate of drug-likeness (QED) is 0.644. The van der Waals surface area contributed by atoms with Crippen LogP contribution in [0.5, 0.6) is 0 Å². The minimum atomic E-state index is 0.410. The third-order valence-electron chi connectivity index (χ3n) is 4.03. The van der Waals surface area contributed by atoms with Gasteiger partial charge in [-0.3, -0.25) is 0 Å². The standard InChI is InChI=1S/C17H33N3/c1-5-9-10-15(8-4)16(18-11-6-2)17-19-12-14-20(17)13-7-3/h12,14-16,18H,5-11,13H2,1-4H3. The molecular weight excluding hydrogens is 246 g/mol. The fourth-order valence-electron chi connectivity index (χ4n) is 2.87. The predicted molar refractivity (Wildman–Crippen MR) is 86.9 cm³/mol. The largest absolute Gasteiger partial charge is 0.334 e. The lowest BCUT2D eigenvalue weighted by Gasteiger charge is -2.27. The molecule has 116 valence electrons. The molecule has 1 aromatic rings. The first kappa shape index (κ1) is 17.2. The van der Waals surface area contributed by atoms with E-state index in [9.17, 15) is 0 Å². The maximum atomic E-state index is 4.67. The summed E-state index contributed by atoms with van der Waals surface area (Å²) in [6, 6.07) is 0.410. The van der Waals surface area contributed by atoms with Crippen LogP contribution in [0, 0.1) is 5.92 Å². The molecule has 0 aliphatic carbocycles. The number of hydrogen-bond donors (Lipinski definition) is 1. The highest BCUT2D eigenvalue weighted by Gasteiger charge is 2.24. The Labute approximate surface area is 125 Å². The van der Waals surface area contributed by atoms with Crippen molar-refractivity contribution in [3.8, 4) is 0 Å². The molecule has 0 aromatic carbocycles. The number of hydrogen-bond acceptors (Lipinski definition) is 2. The Kier molecular flexibility index (Phi) is 8.59. The summed E-state index contributed by atoms with van der Waals surface area (Å²) in [6.45, 7) is 11.2. The van der Waals surface area contributed by atoms with Crippen molar-refractivity contribution in [2.45, 2.75) is 78.8 Å². The molecule has 2 atom stereocenters. The normalized spacial score (nSPS) is 14.4. The molecule has 0 bridgehead atoms. The number of aryl methyl sites for hydroxylation is 1. The first-order chi connectivity index (χ1) is 9.78. The SMILES string of the molecule is CCCCC(CC)C(NCCC)c1nccn1CCC. The van der Waals surface area contributed by atoms with E-state index in [4.69, 9.17) is 0 Å². The van der Waals surface area contributed by atoms with Gasteiger partial charge in [-0.1, -0.05) is 47.0 Å². The van der Waals surface area contributed by atoms with Crippen molar-refractivity contribution in [1.29, 1.82) is 0 Å². The summed E-state index contributed by atoms with van der Waals surface area (Å²) in [5.41, 5.74) is 0. The third-order valence-corrected chi connectivity index (χ3v) is 4.03. The van der Waals surface area contributed by atoms with Gasteiger partial charge in [-0.2, -0.15) is 0 Å². The maximum absolute atomic E-state index is 4.67. The molecule has 2 unspecified atom stereocenters. The van der Waals surface area contributed by atoms with Gasteiger partial charge >= 0.3 is 0 Å². The van der Waals surface area contributed by atoms with Crippen LogP contribution in [-0.4, -0.2) is 16.1 Å². The summed E-state index contributed by atoms with van der Waals surface area (Å²) in [5.74, 6) is 1.93. The highest BCUT2D eigenvalue weighted by Crippen LogP contribution is 2.28. The number of nitrogens with zero attached hydrogens (tertiary/aromatic N) is 2. The van der Waals surface area contributed by atoms with Gasteiger partial charge in [-0.25, -0.2) is 4.98 Å². The van der Waals surface area contributed by atoms with Crippen LogP contribution in [0.4, 0.5) is 0 Å². The lowest BCUT2D eigenvalue weighted by molar-refractivity contribution is 0.304. The van der Waals surface area contributed by atoms with Crippen LogP contribution in [0.3, 0.4) is 0 Å². The van der Waals surface area contributed by atoms with Gasteiger partial charge in [0.05, 0.1) is 6.04 Å². The second kappa shape index (κ2) is 9.98. The fraction of sp³-hybridized carbons (Fsp3) is 0.824. The summed E-state index contributed by atoms with van der Waals surface area (Å²) < 4.78 is 2.34. The van der Waals surface area contributed by atoms with Crippen LogP contribution in [0.25, 0.3) is 0 Å². The Morgan fingerprint density at radius 1 is 1.15 bits per heavy atom. The second-order valence-corrected chi connectivity index (χ2v) is 5.72. The minimum Gasteiger partial charge on any atom is -0.334 e. The molecule has 20 heavy (non-hydrogen) atoms. The first-order valence-electron chi connectivity index (χ1n) is 8.52.